The van der Waals surface area contributed by atoms with Crippen molar-refractivity contribution in [2.75, 3.05) is 26.2 Å². The molecule has 0 aromatic heterocycles. The zero-order valence-corrected chi connectivity index (χ0v) is 14.4. The molecular weight excluding hydrogens is 276 g/mol. The van der Waals surface area contributed by atoms with E-state index in [2.05, 4.69) is 26.1 Å². The Morgan fingerprint density at radius 2 is 1.86 bits per heavy atom. The molecule has 0 bridgehead atoms. The van der Waals surface area contributed by atoms with Gasteiger partial charge in [0.05, 0.1) is 6.10 Å². The van der Waals surface area contributed by atoms with Crippen LogP contribution in [0.25, 0.3) is 0 Å². The van der Waals surface area contributed by atoms with Crippen LogP contribution in [0.3, 0.4) is 0 Å². The number of nitrogens with zero attached hydrogens (tertiary/aromatic N) is 1. The molecule has 0 atom stereocenters. The lowest BCUT2D eigenvalue weighted by atomic mass is 9.85. The van der Waals surface area contributed by atoms with Gasteiger partial charge in [-0.2, -0.15) is 0 Å². The Morgan fingerprint density at radius 3 is 2.41 bits per heavy atom. The maximum absolute atomic E-state index is 12.7. The molecule has 2 rings (SSSR count). The van der Waals surface area contributed by atoms with Crippen molar-refractivity contribution in [2.45, 2.75) is 46.1 Å². The maximum Gasteiger partial charge on any atom is 0.253 e. The van der Waals surface area contributed by atoms with E-state index in [0.29, 0.717) is 0 Å². The number of rotatable bonds is 3. The summed E-state index contributed by atoms with van der Waals surface area (Å²) < 4.78 is 5.92. The van der Waals surface area contributed by atoms with Crippen molar-refractivity contribution in [1.29, 1.82) is 0 Å². The van der Waals surface area contributed by atoms with Crippen LogP contribution in [-0.2, 0) is 5.41 Å². The number of amides is 1. The Labute approximate surface area is 133 Å². The van der Waals surface area contributed by atoms with Gasteiger partial charge in [-0.3, -0.25) is 4.79 Å². The lowest BCUT2D eigenvalue weighted by Crippen LogP contribution is -2.46. The first-order chi connectivity index (χ1) is 10.3. The van der Waals surface area contributed by atoms with Gasteiger partial charge in [0.25, 0.3) is 5.91 Å². The van der Waals surface area contributed by atoms with Crippen LogP contribution >= 0.6 is 0 Å². The minimum atomic E-state index is -0.0655. The first-order valence-electron chi connectivity index (χ1n) is 8.10. The second kappa shape index (κ2) is 6.69. The van der Waals surface area contributed by atoms with Gasteiger partial charge in [0.1, 0.15) is 5.75 Å². The standard InChI is InChI=1S/C18H28N2O2/c1-13(2)22-16-7-6-14(12-15(16)18(3,4)5)17(21)20-10-8-19-9-11-20/h6-7,12-13,19H,8-11H2,1-5H3. The molecule has 0 spiro atoms. The minimum Gasteiger partial charge on any atom is -0.491 e. The number of carbonyl (C=O) groups is 1. The van der Waals surface area contributed by atoms with Gasteiger partial charge in [-0.1, -0.05) is 20.8 Å². The van der Waals surface area contributed by atoms with Gasteiger partial charge < -0.3 is 15.0 Å². The normalized spacial score (nSPS) is 16.0. The van der Waals surface area contributed by atoms with Crippen LogP contribution in [0.5, 0.6) is 5.75 Å². The molecule has 4 nitrogen and oxygen atoms in total. The molecular formula is C18H28N2O2. The highest BCUT2D eigenvalue weighted by Crippen LogP contribution is 2.33. The van der Waals surface area contributed by atoms with Gasteiger partial charge in [-0.05, 0) is 37.5 Å². The van der Waals surface area contributed by atoms with Crippen molar-refractivity contribution < 1.29 is 9.53 Å². The Morgan fingerprint density at radius 1 is 1.23 bits per heavy atom. The molecule has 0 aliphatic carbocycles. The molecule has 4 heteroatoms. The summed E-state index contributed by atoms with van der Waals surface area (Å²) >= 11 is 0. The monoisotopic (exact) mass is 304 g/mol. The number of hydrogen-bond donors (Lipinski definition) is 1. The van der Waals surface area contributed by atoms with E-state index in [1.807, 2.05) is 36.9 Å². The average Bonchev–Trinajstić information content (AvgIpc) is 2.46. The molecule has 1 amide bonds. The second-order valence-corrected chi connectivity index (χ2v) is 7.17. The fourth-order valence-corrected chi connectivity index (χ4v) is 2.66. The predicted octanol–water partition coefficient (Wildman–Crippen LogP) is 2.82. The highest BCUT2D eigenvalue weighted by atomic mass is 16.5. The van der Waals surface area contributed by atoms with E-state index >= 15 is 0 Å². The molecule has 1 heterocycles. The molecule has 1 N–H and O–H groups in total. The van der Waals surface area contributed by atoms with Gasteiger partial charge in [0, 0.05) is 37.3 Å². The van der Waals surface area contributed by atoms with Crippen molar-refractivity contribution in [3.05, 3.63) is 29.3 Å². The summed E-state index contributed by atoms with van der Waals surface area (Å²) in [4.78, 5) is 14.6. The Balaban J connectivity index is 2.31. The minimum absolute atomic E-state index is 0.0655. The van der Waals surface area contributed by atoms with Crippen molar-refractivity contribution in [3.63, 3.8) is 0 Å². The number of carbonyl (C=O) groups excluding carboxylic acids is 1. The smallest absolute Gasteiger partial charge is 0.253 e. The Hall–Kier alpha value is -1.55. The zero-order valence-electron chi connectivity index (χ0n) is 14.4. The number of hydrogen-bond acceptors (Lipinski definition) is 3. The summed E-state index contributed by atoms with van der Waals surface area (Å²) in [5, 5.41) is 3.27. The molecule has 0 unspecified atom stereocenters. The molecule has 1 saturated heterocycles. The van der Waals surface area contributed by atoms with Crippen LogP contribution in [0.2, 0.25) is 0 Å². The van der Waals surface area contributed by atoms with Crippen molar-refractivity contribution >= 4 is 5.91 Å². The number of nitrogens with one attached hydrogen (secondary N) is 1. The highest BCUT2D eigenvalue weighted by molar-refractivity contribution is 5.94. The van der Waals surface area contributed by atoms with Crippen LogP contribution in [0.4, 0.5) is 0 Å². The molecule has 1 aliphatic rings. The van der Waals surface area contributed by atoms with Gasteiger partial charge in [-0.25, -0.2) is 0 Å². The van der Waals surface area contributed by atoms with Gasteiger partial charge in [0.2, 0.25) is 0 Å². The van der Waals surface area contributed by atoms with Crippen molar-refractivity contribution in [1.82, 2.24) is 10.2 Å². The summed E-state index contributed by atoms with van der Waals surface area (Å²) in [6.07, 6.45) is 0.121. The van der Waals surface area contributed by atoms with E-state index in [1.165, 1.54) is 0 Å². The molecule has 1 aliphatic heterocycles. The fourth-order valence-electron chi connectivity index (χ4n) is 2.66. The van der Waals surface area contributed by atoms with Gasteiger partial charge in [-0.15, -0.1) is 0 Å². The lowest BCUT2D eigenvalue weighted by Gasteiger charge is -2.29. The van der Waals surface area contributed by atoms with Crippen molar-refractivity contribution in [2.24, 2.45) is 0 Å². The summed E-state index contributed by atoms with van der Waals surface area (Å²) in [6, 6.07) is 5.83. The van der Waals surface area contributed by atoms with Crippen LogP contribution in [0.1, 0.15) is 50.5 Å². The maximum atomic E-state index is 12.7. The molecule has 0 saturated carbocycles. The van der Waals surface area contributed by atoms with E-state index in [9.17, 15) is 4.79 Å². The lowest BCUT2D eigenvalue weighted by molar-refractivity contribution is 0.0735. The average molecular weight is 304 g/mol. The van der Waals surface area contributed by atoms with E-state index in [0.717, 1.165) is 43.1 Å². The zero-order chi connectivity index (χ0) is 16.3. The molecule has 1 fully saturated rings. The topological polar surface area (TPSA) is 41.6 Å². The van der Waals surface area contributed by atoms with Gasteiger partial charge in [0.15, 0.2) is 0 Å². The van der Waals surface area contributed by atoms with E-state index < -0.39 is 0 Å². The third-order valence-corrected chi connectivity index (χ3v) is 3.80. The predicted molar refractivity (Wildman–Crippen MR) is 89.7 cm³/mol. The van der Waals surface area contributed by atoms with Crippen LogP contribution < -0.4 is 10.1 Å². The Kier molecular flexibility index (Phi) is 5.12. The van der Waals surface area contributed by atoms with Crippen molar-refractivity contribution in [3.8, 4) is 5.75 Å². The first kappa shape index (κ1) is 16.8. The number of ether oxygens (including phenoxy) is 1. The third kappa shape index (κ3) is 4.01. The van der Waals surface area contributed by atoms with E-state index in [-0.39, 0.29) is 17.4 Å². The highest BCUT2D eigenvalue weighted by Gasteiger charge is 2.24. The number of piperazine rings is 1. The fraction of sp³-hybridized carbons (Fsp3) is 0.611. The summed E-state index contributed by atoms with van der Waals surface area (Å²) in [6.45, 7) is 13.8. The number of benzene rings is 1. The SMILES string of the molecule is CC(C)Oc1ccc(C(=O)N2CCNCC2)cc1C(C)(C)C. The third-order valence-electron chi connectivity index (χ3n) is 3.80. The summed E-state index contributed by atoms with van der Waals surface area (Å²) in [5.41, 5.74) is 1.77. The summed E-state index contributed by atoms with van der Waals surface area (Å²) in [5.74, 6) is 0.988. The van der Waals surface area contributed by atoms with Crippen LogP contribution in [-0.4, -0.2) is 43.1 Å². The first-order valence-corrected chi connectivity index (χ1v) is 8.10. The van der Waals surface area contributed by atoms with E-state index in [4.69, 9.17) is 4.74 Å². The molecule has 1 aromatic rings. The van der Waals surface area contributed by atoms with Gasteiger partial charge >= 0.3 is 0 Å². The largest absolute Gasteiger partial charge is 0.491 e. The molecule has 122 valence electrons. The van der Waals surface area contributed by atoms with Crippen LogP contribution in [0, 0.1) is 0 Å². The molecule has 0 radical (unpaired) electrons. The van der Waals surface area contributed by atoms with E-state index in [1.54, 1.807) is 0 Å². The summed E-state index contributed by atoms with van der Waals surface area (Å²) in [7, 11) is 0. The molecule has 1 aromatic carbocycles. The molecule has 22 heavy (non-hydrogen) atoms. The Bertz CT molecular complexity index is 526. The quantitative estimate of drug-likeness (QED) is 0.933. The second-order valence-electron chi connectivity index (χ2n) is 7.17. The van der Waals surface area contributed by atoms with Crippen LogP contribution in [0.15, 0.2) is 18.2 Å².